The average Bonchev–Trinajstić information content (AvgIpc) is 2.92. The maximum atomic E-state index is 11.8. The molecule has 1 heterocycles. The number of aromatic nitrogens is 2. The molecule has 0 unspecified atom stereocenters. The molecule has 0 saturated heterocycles. The number of hydrogen-bond donors (Lipinski definition) is 1. The van der Waals surface area contributed by atoms with Gasteiger partial charge in [0.2, 0.25) is 11.0 Å². The number of amides is 1. The lowest BCUT2D eigenvalue weighted by Gasteiger charge is -2.06. The van der Waals surface area contributed by atoms with E-state index in [4.69, 9.17) is 0 Å². The lowest BCUT2D eigenvalue weighted by Crippen LogP contribution is -2.19. The van der Waals surface area contributed by atoms with Gasteiger partial charge in [-0.3, -0.25) is 4.79 Å². The Kier molecular flexibility index (Phi) is 5.55. The van der Waals surface area contributed by atoms with Gasteiger partial charge in [-0.05, 0) is 18.6 Å². The number of hydrogen-bond acceptors (Lipinski definition) is 5. The molecular weight excluding hydrogens is 290 g/mol. The maximum Gasteiger partial charge on any atom is 0.229 e. The van der Waals surface area contributed by atoms with Gasteiger partial charge in [0.15, 0.2) is 0 Å². The Bertz CT molecular complexity index is 557. The first kappa shape index (κ1) is 15.0. The van der Waals surface area contributed by atoms with E-state index in [0.29, 0.717) is 5.13 Å². The van der Waals surface area contributed by atoms with Crippen LogP contribution in [0.1, 0.15) is 25.3 Å². The van der Waals surface area contributed by atoms with Gasteiger partial charge in [0, 0.05) is 10.8 Å². The normalized spacial score (nSPS) is 12.1. The summed E-state index contributed by atoms with van der Waals surface area (Å²) >= 11 is 3.15. The average molecular weight is 307 g/mol. The van der Waals surface area contributed by atoms with E-state index in [2.05, 4.69) is 27.6 Å². The third-order valence-corrected chi connectivity index (χ3v) is 4.91. The fourth-order valence-electron chi connectivity index (χ4n) is 1.44. The summed E-state index contributed by atoms with van der Waals surface area (Å²) in [5.74, 6) is 0.771. The van der Waals surface area contributed by atoms with Crippen molar-refractivity contribution in [3.8, 4) is 0 Å². The van der Waals surface area contributed by atoms with Crippen molar-refractivity contribution in [1.82, 2.24) is 10.2 Å². The van der Waals surface area contributed by atoms with Crippen molar-refractivity contribution in [1.29, 1.82) is 0 Å². The first-order valence-electron chi connectivity index (χ1n) is 6.50. The summed E-state index contributed by atoms with van der Waals surface area (Å²) in [6, 6.07) is 10.2. The van der Waals surface area contributed by atoms with Crippen LogP contribution in [-0.2, 0) is 10.5 Å². The van der Waals surface area contributed by atoms with E-state index in [0.717, 1.165) is 17.2 Å². The van der Waals surface area contributed by atoms with E-state index in [-0.39, 0.29) is 11.8 Å². The number of rotatable bonds is 6. The summed E-state index contributed by atoms with van der Waals surface area (Å²) < 4.78 is 0. The zero-order valence-corrected chi connectivity index (χ0v) is 13.1. The molecule has 0 spiro atoms. The Morgan fingerprint density at radius 1 is 1.35 bits per heavy atom. The molecule has 2 aromatic rings. The molecule has 1 amide bonds. The number of thioether (sulfide) groups is 1. The van der Waals surface area contributed by atoms with Crippen LogP contribution in [0, 0.1) is 5.92 Å². The molecule has 0 saturated carbocycles. The molecule has 0 fully saturated rings. The Morgan fingerprint density at radius 3 is 2.80 bits per heavy atom. The summed E-state index contributed by atoms with van der Waals surface area (Å²) in [7, 11) is 0. The van der Waals surface area contributed by atoms with Crippen LogP contribution in [0.25, 0.3) is 0 Å². The molecule has 0 radical (unpaired) electrons. The fraction of sp³-hybridized carbons (Fsp3) is 0.357. The SMILES string of the molecule is CC[C@@H](C)C(=O)Nc1nnc(CSc2ccccc2)s1. The van der Waals surface area contributed by atoms with E-state index < -0.39 is 0 Å². The highest BCUT2D eigenvalue weighted by atomic mass is 32.2. The number of nitrogens with zero attached hydrogens (tertiary/aromatic N) is 2. The van der Waals surface area contributed by atoms with Crippen molar-refractivity contribution < 1.29 is 4.79 Å². The van der Waals surface area contributed by atoms with Crippen LogP contribution < -0.4 is 5.32 Å². The molecule has 106 valence electrons. The highest BCUT2D eigenvalue weighted by Crippen LogP contribution is 2.25. The van der Waals surface area contributed by atoms with Gasteiger partial charge in [-0.25, -0.2) is 0 Å². The molecule has 1 aromatic heterocycles. The zero-order valence-electron chi connectivity index (χ0n) is 11.5. The standard InChI is InChI=1S/C14H17N3OS2/c1-3-10(2)13(18)15-14-17-16-12(20-14)9-19-11-7-5-4-6-8-11/h4-8,10H,3,9H2,1-2H3,(H,15,17,18)/t10-/m1/s1. The van der Waals surface area contributed by atoms with Crippen LogP contribution in [0.5, 0.6) is 0 Å². The van der Waals surface area contributed by atoms with Gasteiger partial charge >= 0.3 is 0 Å². The van der Waals surface area contributed by atoms with E-state index in [1.165, 1.54) is 16.2 Å². The van der Waals surface area contributed by atoms with Crippen LogP contribution in [0.4, 0.5) is 5.13 Å². The van der Waals surface area contributed by atoms with E-state index in [1.807, 2.05) is 32.0 Å². The van der Waals surface area contributed by atoms with Crippen LogP contribution >= 0.6 is 23.1 Å². The van der Waals surface area contributed by atoms with Crippen LogP contribution in [-0.4, -0.2) is 16.1 Å². The molecule has 6 heteroatoms. The number of benzene rings is 1. The predicted molar refractivity (Wildman–Crippen MR) is 84.0 cm³/mol. The molecule has 4 nitrogen and oxygen atoms in total. The van der Waals surface area contributed by atoms with Gasteiger partial charge in [-0.2, -0.15) is 0 Å². The van der Waals surface area contributed by atoms with Crippen molar-refractivity contribution in [3.63, 3.8) is 0 Å². The number of anilines is 1. The van der Waals surface area contributed by atoms with Crippen LogP contribution in [0.2, 0.25) is 0 Å². The molecule has 1 N–H and O–H groups in total. The second-order valence-corrected chi connectivity index (χ2v) is 6.51. The number of carbonyl (C=O) groups is 1. The summed E-state index contributed by atoms with van der Waals surface area (Å²) in [4.78, 5) is 13.0. The van der Waals surface area contributed by atoms with Crippen molar-refractivity contribution in [2.24, 2.45) is 5.92 Å². The fourth-order valence-corrected chi connectivity index (χ4v) is 3.09. The van der Waals surface area contributed by atoms with Gasteiger partial charge in [0.1, 0.15) is 5.01 Å². The van der Waals surface area contributed by atoms with Crippen molar-refractivity contribution in [3.05, 3.63) is 35.3 Å². The predicted octanol–water partition coefficient (Wildman–Crippen LogP) is 3.82. The second kappa shape index (κ2) is 7.40. The van der Waals surface area contributed by atoms with E-state index >= 15 is 0 Å². The molecule has 1 atom stereocenters. The second-order valence-electron chi connectivity index (χ2n) is 4.40. The smallest absolute Gasteiger partial charge is 0.229 e. The highest BCUT2D eigenvalue weighted by Gasteiger charge is 2.13. The van der Waals surface area contributed by atoms with Crippen molar-refractivity contribution >= 4 is 34.1 Å². The van der Waals surface area contributed by atoms with Crippen LogP contribution in [0.15, 0.2) is 35.2 Å². The molecule has 0 aliphatic rings. The zero-order chi connectivity index (χ0) is 14.4. The lowest BCUT2D eigenvalue weighted by atomic mass is 10.1. The molecule has 0 aliphatic heterocycles. The van der Waals surface area contributed by atoms with Gasteiger partial charge in [-0.1, -0.05) is 43.4 Å². The quantitative estimate of drug-likeness (QED) is 0.824. The molecule has 20 heavy (non-hydrogen) atoms. The monoisotopic (exact) mass is 307 g/mol. The first-order chi connectivity index (χ1) is 9.69. The first-order valence-corrected chi connectivity index (χ1v) is 8.30. The minimum Gasteiger partial charge on any atom is -0.300 e. The lowest BCUT2D eigenvalue weighted by molar-refractivity contribution is -0.119. The van der Waals surface area contributed by atoms with Gasteiger partial charge in [-0.15, -0.1) is 22.0 Å². The highest BCUT2D eigenvalue weighted by molar-refractivity contribution is 7.98. The van der Waals surface area contributed by atoms with Gasteiger partial charge in [0.05, 0.1) is 5.75 Å². The molecule has 0 bridgehead atoms. The number of nitrogens with one attached hydrogen (secondary N) is 1. The Balaban J connectivity index is 1.88. The molecular formula is C14H17N3OS2. The topological polar surface area (TPSA) is 54.9 Å². The van der Waals surface area contributed by atoms with Crippen molar-refractivity contribution in [2.45, 2.75) is 30.9 Å². The van der Waals surface area contributed by atoms with Gasteiger partial charge in [0.25, 0.3) is 0 Å². The Hall–Kier alpha value is -1.40. The molecule has 1 aromatic carbocycles. The minimum absolute atomic E-state index is 0.000966. The Morgan fingerprint density at radius 2 is 2.10 bits per heavy atom. The Labute approximate surface area is 127 Å². The van der Waals surface area contributed by atoms with Crippen LogP contribution in [0.3, 0.4) is 0 Å². The number of carbonyl (C=O) groups excluding carboxylic acids is 1. The maximum absolute atomic E-state index is 11.8. The summed E-state index contributed by atoms with van der Waals surface area (Å²) in [6.45, 7) is 3.90. The summed E-state index contributed by atoms with van der Waals surface area (Å²) in [6.07, 6.45) is 0.821. The molecule has 2 rings (SSSR count). The van der Waals surface area contributed by atoms with Gasteiger partial charge < -0.3 is 5.32 Å². The van der Waals surface area contributed by atoms with E-state index in [1.54, 1.807) is 11.8 Å². The summed E-state index contributed by atoms with van der Waals surface area (Å²) in [5.41, 5.74) is 0. The third kappa shape index (κ3) is 4.31. The van der Waals surface area contributed by atoms with Crippen molar-refractivity contribution in [2.75, 3.05) is 5.32 Å². The minimum atomic E-state index is 0.000966. The van der Waals surface area contributed by atoms with E-state index in [9.17, 15) is 4.79 Å². The summed E-state index contributed by atoms with van der Waals surface area (Å²) in [5, 5.41) is 12.4. The largest absolute Gasteiger partial charge is 0.300 e. The molecule has 0 aliphatic carbocycles. The third-order valence-electron chi connectivity index (χ3n) is 2.86.